The summed E-state index contributed by atoms with van der Waals surface area (Å²) >= 11 is 0. The quantitative estimate of drug-likeness (QED) is 0.117. The van der Waals surface area contributed by atoms with Crippen LogP contribution in [0.15, 0.2) is 121 Å². The summed E-state index contributed by atoms with van der Waals surface area (Å²) in [4.78, 5) is 0. The van der Waals surface area contributed by atoms with Gasteiger partial charge < -0.3 is 21.3 Å². The van der Waals surface area contributed by atoms with Crippen molar-refractivity contribution < 1.29 is 0 Å². The molecule has 0 aliphatic heterocycles. The second-order valence-corrected chi connectivity index (χ2v) is 12.5. The van der Waals surface area contributed by atoms with E-state index in [1.165, 1.54) is 73.6 Å². The van der Waals surface area contributed by atoms with Crippen LogP contribution < -0.4 is 21.3 Å². The molecule has 0 unspecified atom stereocenters. The van der Waals surface area contributed by atoms with Gasteiger partial charge >= 0.3 is 0 Å². The first-order valence-corrected chi connectivity index (χ1v) is 16.9. The van der Waals surface area contributed by atoms with Gasteiger partial charge in [0.2, 0.25) is 0 Å². The minimum atomic E-state index is 0. The molecule has 6 rings (SSSR count). The maximum absolute atomic E-state index is 3.76. The monoisotopic (exact) mass is 748 g/mol. The highest BCUT2D eigenvalue weighted by atomic mass is 79.9. The fourth-order valence-electron chi connectivity index (χ4n) is 6.62. The van der Waals surface area contributed by atoms with E-state index in [9.17, 15) is 0 Å². The van der Waals surface area contributed by atoms with Crippen molar-refractivity contribution in [2.75, 3.05) is 0 Å². The zero-order chi connectivity index (χ0) is 30.1. The van der Waals surface area contributed by atoms with Crippen LogP contribution in [0.2, 0.25) is 0 Å². The van der Waals surface area contributed by atoms with Crippen LogP contribution >= 0.6 is 34.0 Å². The van der Waals surface area contributed by atoms with Crippen molar-refractivity contribution >= 4 is 34.0 Å². The number of rotatable bonds is 12. The molecule has 0 amide bonds. The summed E-state index contributed by atoms with van der Waals surface area (Å²) < 4.78 is 0. The minimum Gasteiger partial charge on any atom is -0.308 e. The Hall–Kier alpha value is -2.32. The molecule has 4 aromatic carbocycles. The summed E-state index contributed by atoms with van der Waals surface area (Å²) in [6.07, 6.45) is 10.5. The Morgan fingerprint density at radius 2 is 0.522 bits per heavy atom. The Morgan fingerprint density at radius 1 is 0.326 bits per heavy atom. The maximum atomic E-state index is 3.76. The molecule has 6 heteroatoms. The molecule has 2 aliphatic rings. The van der Waals surface area contributed by atoms with Crippen LogP contribution in [0.5, 0.6) is 0 Å². The van der Waals surface area contributed by atoms with Crippen LogP contribution in [0, 0.1) is 0 Å². The largest absolute Gasteiger partial charge is 0.308 e. The lowest BCUT2D eigenvalue weighted by atomic mass is 9.90. The molecule has 0 saturated heterocycles. The van der Waals surface area contributed by atoms with Gasteiger partial charge in [0.1, 0.15) is 0 Å². The molecule has 0 spiro atoms. The van der Waals surface area contributed by atoms with E-state index in [0.29, 0.717) is 24.2 Å². The number of hydrogen-bond donors (Lipinski definition) is 4. The molecule has 4 atom stereocenters. The standard InChI is InChI=1S/2C20H26N2.2BrH/c2*1-3-9-17(10-4-1)15-21-19-13-7-8-14-20(19)22-16-18-11-5-2-6-12-18;;/h2*1-6,9-12,19-22H,7-8,13-16H2;2*1H/t2*19-,20-;;/m11../s1. The molecule has 248 valence electrons. The van der Waals surface area contributed by atoms with Gasteiger partial charge in [-0.25, -0.2) is 0 Å². The van der Waals surface area contributed by atoms with Gasteiger partial charge in [-0.15, -0.1) is 34.0 Å². The number of benzene rings is 4. The molecule has 0 heterocycles. The second-order valence-electron chi connectivity index (χ2n) is 12.5. The predicted octanol–water partition coefficient (Wildman–Crippen LogP) is 8.91. The molecule has 2 saturated carbocycles. The van der Waals surface area contributed by atoms with E-state index in [1.54, 1.807) is 0 Å². The molecular weight excluding hydrogens is 696 g/mol. The highest BCUT2D eigenvalue weighted by Gasteiger charge is 2.25. The van der Waals surface area contributed by atoms with E-state index in [2.05, 4.69) is 143 Å². The average Bonchev–Trinajstić information content (AvgIpc) is 3.11. The Kier molecular flexibility index (Phi) is 18.5. The first kappa shape index (κ1) is 38.1. The van der Waals surface area contributed by atoms with Gasteiger partial charge in [-0.05, 0) is 47.9 Å². The number of hydrogen-bond acceptors (Lipinski definition) is 4. The molecule has 0 bridgehead atoms. The van der Waals surface area contributed by atoms with Crippen molar-refractivity contribution in [2.45, 2.75) is 102 Å². The fraction of sp³-hybridized carbons (Fsp3) is 0.400. The molecule has 0 radical (unpaired) electrons. The Balaban J connectivity index is 0.000000240. The van der Waals surface area contributed by atoms with Crippen molar-refractivity contribution in [3.8, 4) is 0 Å². The van der Waals surface area contributed by atoms with Crippen LogP contribution in [0.1, 0.15) is 73.6 Å². The van der Waals surface area contributed by atoms with Crippen molar-refractivity contribution in [1.29, 1.82) is 0 Å². The van der Waals surface area contributed by atoms with Crippen molar-refractivity contribution in [2.24, 2.45) is 0 Å². The summed E-state index contributed by atoms with van der Waals surface area (Å²) in [5.74, 6) is 0. The summed E-state index contributed by atoms with van der Waals surface area (Å²) in [5, 5.41) is 15.0. The average molecular weight is 751 g/mol. The van der Waals surface area contributed by atoms with E-state index >= 15 is 0 Å². The van der Waals surface area contributed by atoms with E-state index in [4.69, 9.17) is 0 Å². The lowest BCUT2D eigenvalue weighted by Gasteiger charge is -2.33. The van der Waals surface area contributed by atoms with Crippen LogP contribution in [-0.2, 0) is 26.2 Å². The van der Waals surface area contributed by atoms with Crippen LogP contribution in [0.3, 0.4) is 0 Å². The highest BCUT2D eigenvalue weighted by Crippen LogP contribution is 2.21. The smallest absolute Gasteiger partial charge is 0.0224 e. The predicted molar refractivity (Wildman–Crippen MR) is 206 cm³/mol. The maximum Gasteiger partial charge on any atom is 0.0224 e. The van der Waals surface area contributed by atoms with Gasteiger partial charge in [-0.1, -0.05) is 147 Å². The van der Waals surface area contributed by atoms with Crippen LogP contribution in [0.25, 0.3) is 0 Å². The number of halogens is 2. The first-order chi connectivity index (χ1) is 21.8. The topological polar surface area (TPSA) is 48.1 Å². The van der Waals surface area contributed by atoms with Gasteiger partial charge in [-0.3, -0.25) is 0 Å². The highest BCUT2D eigenvalue weighted by molar-refractivity contribution is 8.93. The third kappa shape index (κ3) is 13.4. The summed E-state index contributed by atoms with van der Waals surface area (Å²) in [7, 11) is 0. The van der Waals surface area contributed by atoms with Gasteiger partial charge in [0, 0.05) is 50.3 Å². The van der Waals surface area contributed by atoms with Gasteiger partial charge in [0.05, 0.1) is 0 Å². The van der Waals surface area contributed by atoms with Crippen molar-refractivity contribution in [3.05, 3.63) is 144 Å². The van der Waals surface area contributed by atoms with Gasteiger partial charge in [0.25, 0.3) is 0 Å². The zero-order valence-corrected chi connectivity index (χ0v) is 30.6. The molecular formula is C40H54Br2N4. The third-order valence-electron chi connectivity index (χ3n) is 9.18. The summed E-state index contributed by atoms with van der Waals surface area (Å²) in [6.45, 7) is 3.87. The fourth-order valence-corrected chi connectivity index (χ4v) is 6.62. The molecule has 46 heavy (non-hydrogen) atoms. The zero-order valence-electron chi connectivity index (χ0n) is 27.2. The molecule has 0 aromatic heterocycles. The SMILES string of the molecule is Br.Br.c1ccc(CN[C@@H]2CCCC[C@H]2NCc2ccccc2)cc1.c1ccc(CN[C@@H]2CCCC[C@H]2NCc2ccccc2)cc1. The molecule has 4 nitrogen and oxygen atoms in total. The van der Waals surface area contributed by atoms with E-state index < -0.39 is 0 Å². The molecule has 2 fully saturated rings. The summed E-state index contributed by atoms with van der Waals surface area (Å²) in [5.41, 5.74) is 5.48. The van der Waals surface area contributed by atoms with Crippen LogP contribution in [-0.4, -0.2) is 24.2 Å². The van der Waals surface area contributed by atoms with E-state index in [0.717, 1.165) is 26.2 Å². The molecule has 2 aliphatic carbocycles. The van der Waals surface area contributed by atoms with Crippen LogP contribution in [0.4, 0.5) is 0 Å². The lowest BCUT2D eigenvalue weighted by molar-refractivity contribution is 0.281. The lowest BCUT2D eigenvalue weighted by Crippen LogP contribution is -2.49. The van der Waals surface area contributed by atoms with E-state index in [-0.39, 0.29) is 34.0 Å². The molecule has 4 N–H and O–H groups in total. The van der Waals surface area contributed by atoms with Crippen molar-refractivity contribution in [1.82, 2.24) is 21.3 Å². The normalized spacial score (nSPS) is 20.7. The van der Waals surface area contributed by atoms with Crippen molar-refractivity contribution in [3.63, 3.8) is 0 Å². The molecule has 4 aromatic rings. The van der Waals surface area contributed by atoms with E-state index in [1.807, 2.05) is 0 Å². The third-order valence-corrected chi connectivity index (χ3v) is 9.18. The first-order valence-electron chi connectivity index (χ1n) is 16.9. The van der Waals surface area contributed by atoms with Gasteiger partial charge in [-0.2, -0.15) is 0 Å². The van der Waals surface area contributed by atoms with Gasteiger partial charge in [0.15, 0.2) is 0 Å². The Labute approximate surface area is 299 Å². The second kappa shape index (κ2) is 22.3. The Bertz CT molecular complexity index is 1090. The number of nitrogens with one attached hydrogen (secondary N) is 4. The Morgan fingerprint density at radius 3 is 0.717 bits per heavy atom. The summed E-state index contributed by atoms with van der Waals surface area (Å²) in [6, 6.07) is 45.1. The minimum absolute atomic E-state index is 0.